The monoisotopic (exact) mass is 620 g/mol. The van der Waals surface area contributed by atoms with Crippen LogP contribution in [-0.2, 0) is 27.0 Å². The van der Waals surface area contributed by atoms with Crippen LogP contribution in [0, 0.1) is 12.5 Å². The van der Waals surface area contributed by atoms with Gasteiger partial charge in [-0.1, -0.05) is 56.9 Å². The molecule has 0 bridgehead atoms. The molecule has 3 aromatic carbocycles. The number of aromatic nitrogens is 1. The summed E-state index contributed by atoms with van der Waals surface area (Å²) in [5.74, 6) is -0.735. The van der Waals surface area contributed by atoms with Gasteiger partial charge in [0.15, 0.2) is 15.6 Å². The third-order valence-electron chi connectivity index (χ3n) is 7.48. The van der Waals surface area contributed by atoms with Gasteiger partial charge in [-0.3, -0.25) is 14.1 Å². The molecule has 0 atom stereocenters. The van der Waals surface area contributed by atoms with Crippen LogP contribution in [0.25, 0.3) is 22.0 Å². The van der Waals surface area contributed by atoms with E-state index >= 15 is 0 Å². The first-order valence-corrected chi connectivity index (χ1v) is 16.6. The molecule has 2 N–H and O–H groups in total. The Kier molecular flexibility index (Phi) is 7.91. The number of ether oxygens (including phenoxy) is 1. The lowest BCUT2D eigenvalue weighted by Gasteiger charge is -2.25. The van der Waals surface area contributed by atoms with Crippen LogP contribution in [0.2, 0.25) is 0 Å². The molecule has 10 nitrogen and oxygen atoms in total. The van der Waals surface area contributed by atoms with E-state index < -0.39 is 36.2 Å². The number of aryl methyl sites for hydroxylation is 1. The number of ketones is 1. The van der Waals surface area contributed by atoms with Crippen molar-refractivity contribution in [1.82, 2.24) is 4.57 Å². The predicted molar refractivity (Wildman–Crippen MR) is 163 cm³/mol. The number of nitrogens with zero attached hydrogens (tertiary/aromatic N) is 1. The van der Waals surface area contributed by atoms with Crippen LogP contribution in [0.4, 0.5) is 11.4 Å². The van der Waals surface area contributed by atoms with Crippen molar-refractivity contribution in [2.45, 2.75) is 42.4 Å². The van der Waals surface area contributed by atoms with Crippen molar-refractivity contribution in [3.05, 3.63) is 76.1 Å². The normalized spacial score (nSPS) is 12.6. The lowest BCUT2D eigenvalue weighted by atomic mass is 9.82. The van der Waals surface area contributed by atoms with E-state index in [1.165, 1.54) is 29.8 Å². The van der Waals surface area contributed by atoms with Crippen molar-refractivity contribution in [2.75, 3.05) is 11.1 Å². The van der Waals surface area contributed by atoms with Crippen molar-refractivity contribution < 1.29 is 30.9 Å². The number of nitrogens with one attached hydrogen (secondary N) is 1. The number of sulfone groups is 1. The standard InChI is InChI=1S/C31H28N2O8S2/c1-4-6-7-10-17-42(36,37)19-13-14-22(25(18-19)43(38,39)40)32-23-15-16-24-28-26(30(41-5-2)31(35)33(24)3)20-11-8-9-12-21(20)29(34)27(23)28/h2,8-9,11-16,18,32H,4,6-7,10,17H2,1,3H3,(H,38,39,40). The lowest BCUT2D eigenvalue weighted by Crippen LogP contribution is -2.23. The molecule has 0 unspecified atom stereocenters. The first-order chi connectivity index (χ1) is 20.4. The molecule has 1 aliphatic rings. The zero-order chi connectivity index (χ0) is 31.1. The molecule has 1 aliphatic carbocycles. The van der Waals surface area contributed by atoms with Crippen molar-refractivity contribution in [2.24, 2.45) is 7.05 Å². The Balaban J connectivity index is 1.71. The van der Waals surface area contributed by atoms with E-state index in [0.717, 1.165) is 18.9 Å². The number of fused-ring (bicyclic) bond motifs is 2. The minimum atomic E-state index is -4.91. The summed E-state index contributed by atoms with van der Waals surface area (Å²) in [6.45, 7) is 2.00. The molecule has 1 aromatic heterocycles. The fourth-order valence-electron chi connectivity index (χ4n) is 5.39. The van der Waals surface area contributed by atoms with E-state index in [4.69, 9.17) is 11.2 Å². The zero-order valence-electron chi connectivity index (χ0n) is 23.4. The number of carbonyl (C=O) groups is 1. The second-order valence-electron chi connectivity index (χ2n) is 10.2. The van der Waals surface area contributed by atoms with Crippen molar-refractivity contribution in [3.63, 3.8) is 0 Å². The second kappa shape index (κ2) is 11.3. The van der Waals surface area contributed by atoms with Crippen molar-refractivity contribution >= 4 is 48.0 Å². The van der Waals surface area contributed by atoms with Crippen LogP contribution in [-0.4, -0.2) is 37.5 Å². The van der Waals surface area contributed by atoms with Crippen LogP contribution in [0.1, 0.15) is 48.5 Å². The SMILES string of the molecule is C#COc1c2c3c(c(Nc4ccc(S(=O)(=O)CCCCCC)cc4S(=O)(=O)O)ccc3n(C)c1=O)C(=O)c1ccccc1-2. The maximum Gasteiger partial charge on any atom is 0.296 e. The molecule has 222 valence electrons. The molecule has 0 saturated heterocycles. The average molecular weight is 621 g/mol. The molecule has 0 amide bonds. The summed E-state index contributed by atoms with van der Waals surface area (Å²) in [5.41, 5.74) is 1.00. The molecule has 5 rings (SSSR count). The molecule has 43 heavy (non-hydrogen) atoms. The highest BCUT2D eigenvalue weighted by Gasteiger charge is 2.33. The minimum Gasteiger partial charge on any atom is -0.401 e. The fourth-order valence-corrected chi connectivity index (χ4v) is 7.53. The largest absolute Gasteiger partial charge is 0.401 e. The molecular formula is C31H28N2O8S2. The van der Waals surface area contributed by atoms with E-state index in [2.05, 4.69) is 5.32 Å². The van der Waals surface area contributed by atoms with Gasteiger partial charge in [0, 0.05) is 23.6 Å². The Labute approximate surface area is 249 Å². The third kappa shape index (κ3) is 5.31. The van der Waals surface area contributed by atoms with Gasteiger partial charge in [0.25, 0.3) is 15.7 Å². The number of hydrogen-bond acceptors (Lipinski definition) is 8. The van der Waals surface area contributed by atoms with Gasteiger partial charge in [0.05, 0.1) is 33.1 Å². The van der Waals surface area contributed by atoms with Crippen LogP contribution < -0.4 is 15.6 Å². The quantitative estimate of drug-likeness (QED) is 0.124. The van der Waals surface area contributed by atoms with Gasteiger partial charge >= 0.3 is 0 Å². The van der Waals surface area contributed by atoms with Gasteiger partial charge in [0.2, 0.25) is 5.75 Å². The Morgan fingerprint density at radius 1 is 0.930 bits per heavy atom. The molecule has 0 radical (unpaired) electrons. The van der Waals surface area contributed by atoms with E-state index in [-0.39, 0.29) is 38.9 Å². The third-order valence-corrected chi connectivity index (χ3v) is 10.2. The van der Waals surface area contributed by atoms with Crippen LogP contribution >= 0.6 is 0 Å². The summed E-state index contributed by atoms with van der Waals surface area (Å²) in [7, 11) is -7.24. The summed E-state index contributed by atoms with van der Waals surface area (Å²) in [4.78, 5) is 26.2. The van der Waals surface area contributed by atoms with E-state index in [1.807, 2.05) is 13.0 Å². The Bertz CT molecular complexity index is 2130. The number of anilines is 2. The Hall–Kier alpha value is -4.44. The molecule has 4 aromatic rings. The average Bonchev–Trinajstić information content (AvgIpc) is 2.97. The van der Waals surface area contributed by atoms with Gasteiger partial charge in [0.1, 0.15) is 11.0 Å². The zero-order valence-corrected chi connectivity index (χ0v) is 25.0. The number of rotatable bonds is 10. The maximum atomic E-state index is 13.9. The number of pyridine rings is 1. The minimum absolute atomic E-state index is 0.109. The number of terminal acetylenes is 1. The first kappa shape index (κ1) is 30.0. The van der Waals surface area contributed by atoms with Crippen LogP contribution in [0.3, 0.4) is 0 Å². The van der Waals surface area contributed by atoms with Gasteiger partial charge < -0.3 is 14.6 Å². The first-order valence-electron chi connectivity index (χ1n) is 13.5. The molecule has 0 fully saturated rings. The maximum absolute atomic E-state index is 13.9. The molecular weight excluding hydrogens is 592 g/mol. The molecule has 1 heterocycles. The van der Waals surface area contributed by atoms with E-state index in [9.17, 15) is 31.0 Å². The number of benzene rings is 3. The molecule has 0 saturated carbocycles. The van der Waals surface area contributed by atoms with Crippen LogP contribution in [0.5, 0.6) is 5.75 Å². The van der Waals surface area contributed by atoms with Gasteiger partial charge in [-0.25, -0.2) is 8.42 Å². The number of carbonyl (C=O) groups excluding carboxylic acids is 1. The van der Waals surface area contributed by atoms with Gasteiger partial charge in [-0.05, 0) is 42.3 Å². The smallest absolute Gasteiger partial charge is 0.296 e. The highest BCUT2D eigenvalue weighted by atomic mass is 32.2. The summed E-state index contributed by atoms with van der Waals surface area (Å²) in [5, 5.41) is 3.26. The second-order valence-corrected chi connectivity index (χ2v) is 13.7. The number of hydrogen-bond donors (Lipinski definition) is 2. The lowest BCUT2D eigenvalue weighted by molar-refractivity contribution is 0.104. The van der Waals surface area contributed by atoms with Crippen molar-refractivity contribution in [3.8, 4) is 29.4 Å². The Morgan fingerprint density at radius 3 is 2.30 bits per heavy atom. The van der Waals surface area contributed by atoms with Crippen LogP contribution in [0.15, 0.2) is 69.2 Å². The highest BCUT2D eigenvalue weighted by molar-refractivity contribution is 7.91. The van der Waals surface area contributed by atoms with Gasteiger partial charge in [-0.15, -0.1) is 0 Å². The Morgan fingerprint density at radius 2 is 1.63 bits per heavy atom. The number of unbranched alkanes of at least 4 members (excludes halogenated alkanes) is 3. The van der Waals surface area contributed by atoms with E-state index in [0.29, 0.717) is 34.9 Å². The molecule has 0 spiro atoms. The summed E-state index contributed by atoms with van der Waals surface area (Å²) in [6.07, 6.45) is 10.4. The van der Waals surface area contributed by atoms with E-state index in [1.54, 1.807) is 30.3 Å². The summed E-state index contributed by atoms with van der Waals surface area (Å²) < 4.78 is 67.5. The van der Waals surface area contributed by atoms with Crippen molar-refractivity contribution in [1.29, 1.82) is 0 Å². The summed E-state index contributed by atoms with van der Waals surface area (Å²) >= 11 is 0. The predicted octanol–water partition coefficient (Wildman–Crippen LogP) is 5.06. The highest BCUT2D eigenvalue weighted by Crippen LogP contribution is 2.46. The summed E-state index contributed by atoms with van der Waals surface area (Å²) in [6, 6.07) is 13.1. The van der Waals surface area contributed by atoms with Gasteiger partial charge in [-0.2, -0.15) is 8.42 Å². The molecule has 0 aliphatic heterocycles. The fraction of sp³-hybridized carbons (Fsp3) is 0.226. The topological polar surface area (TPSA) is 149 Å². The molecule has 12 heteroatoms.